The van der Waals surface area contributed by atoms with Crippen LogP contribution in [0.15, 0.2) is 41.4 Å². The molecule has 29 heavy (non-hydrogen) atoms. The van der Waals surface area contributed by atoms with Gasteiger partial charge in [-0.3, -0.25) is 0 Å². The van der Waals surface area contributed by atoms with Gasteiger partial charge in [0.15, 0.2) is 5.96 Å². The topological polar surface area (TPSA) is 59.9 Å². The molecule has 2 aromatic rings. The van der Waals surface area contributed by atoms with Crippen LogP contribution in [0, 0.1) is 17.5 Å². The smallest absolute Gasteiger partial charge is 0.191 e. The summed E-state index contributed by atoms with van der Waals surface area (Å²) in [5, 5.41) is 15.6. The number of benzene rings is 2. The first-order chi connectivity index (χ1) is 14.0. The van der Waals surface area contributed by atoms with Crippen molar-refractivity contribution in [1.29, 1.82) is 0 Å². The largest absolute Gasteiger partial charge is 0.392 e. The highest BCUT2D eigenvalue weighted by molar-refractivity contribution is 5.80. The van der Waals surface area contributed by atoms with E-state index in [1.165, 1.54) is 24.3 Å². The second-order valence-electron chi connectivity index (χ2n) is 6.93. The molecule has 0 aromatic heterocycles. The summed E-state index contributed by atoms with van der Waals surface area (Å²) < 4.78 is 41.6. The number of rotatable bonds is 6. The van der Waals surface area contributed by atoms with Gasteiger partial charge in [0.1, 0.15) is 23.1 Å². The minimum atomic E-state index is -0.567. The van der Waals surface area contributed by atoms with Crippen LogP contribution in [0.25, 0.3) is 0 Å². The summed E-state index contributed by atoms with van der Waals surface area (Å²) in [5.41, 5.74) is 1.00. The summed E-state index contributed by atoms with van der Waals surface area (Å²) in [7, 11) is 0. The number of aliphatic imine (C=N–C) groups is 1. The summed E-state index contributed by atoms with van der Waals surface area (Å²) in [6.07, 6.45) is 0.712. The van der Waals surface area contributed by atoms with Gasteiger partial charge in [0.05, 0.1) is 13.2 Å². The molecule has 1 aliphatic rings. The van der Waals surface area contributed by atoms with Gasteiger partial charge in [-0.1, -0.05) is 12.1 Å². The van der Waals surface area contributed by atoms with Crippen LogP contribution in [0.4, 0.5) is 18.9 Å². The zero-order chi connectivity index (χ0) is 20.8. The number of aliphatic hydroxyl groups excluding tert-OH is 1. The second-order valence-corrected chi connectivity index (χ2v) is 6.93. The van der Waals surface area contributed by atoms with Gasteiger partial charge in [0, 0.05) is 31.2 Å². The monoisotopic (exact) mass is 406 g/mol. The molecule has 156 valence electrons. The Kier molecular flexibility index (Phi) is 6.98. The summed E-state index contributed by atoms with van der Waals surface area (Å²) in [6, 6.07) is 8.37. The molecular formula is C21H25F3N4O. The van der Waals surface area contributed by atoms with Gasteiger partial charge in [-0.15, -0.1) is 0 Å². The van der Waals surface area contributed by atoms with Crippen LogP contribution in [0.1, 0.15) is 24.5 Å². The number of para-hydroxylation sites is 1. The molecule has 3 N–H and O–H groups in total. The molecule has 0 saturated carbocycles. The fourth-order valence-electron chi connectivity index (χ4n) is 3.40. The van der Waals surface area contributed by atoms with E-state index in [0.717, 1.165) is 5.56 Å². The molecule has 5 nitrogen and oxygen atoms in total. The van der Waals surface area contributed by atoms with Crippen molar-refractivity contribution in [2.24, 2.45) is 4.99 Å². The lowest BCUT2D eigenvalue weighted by atomic mass is 10.1. The van der Waals surface area contributed by atoms with Crippen LogP contribution in [-0.4, -0.2) is 36.7 Å². The zero-order valence-electron chi connectivity index (χ0n) is 16.3. The third-order valence-electron chi connectivity index (χ3n) is 4.83. The molecule has 0 spiro atoms. The summed E-state index contributed by atoms with van der Waals surface area (Å²) in [4.78, 5) is 6.20. The minimum absolute atomic E-state index is 0.00147. The minimum Gasteiger partial charge on any atom is -0.392 e. The number of halogens is 3. The van der Waals surface area contributed by atoms with Crippen molar-refractivity contribution in [3.8, 4) is 0 Å². The Hall–Kier alpha value is -2.74. The fourth-order valence-corrected chi connectivity index (χ4v) is 3.40. The molecule has 8 heteroatoms. The van der Waals surface area contributed by atoms with E-state index in [-0.39, 0.29) is 23.9 Å². The van der Waals surface area contributed by atoms with Crippen molar-refractivity contribution in [2.75, 3.05) is 24.5 Å². The van der Waals surface area contributed by atoms with Crippen LogP contribution >= 0.6 is 0 Å². The summed E-state index contributed by atoms with van der Waals surface area (Å²) in [5.74, 6) is -1.01. The molecular weight excluding hydrogens is 381 g/mol. The Morgan fingerprint density at radius 3 is 2.62 bits per heavy atom. The molecule has 0 aliphatic carbocycles. The van der Waals surface area contributed by atoms with Crippen molar-refractivity contribution in [3.63, 3.8) is 0 Å². The van der Waals surface area contributed by atoms with E-state index in [2.05, 4.69) is 15.6 Å². The average molecular weight is 406 g/mol. The van der Waals surface area contributed by atoms with E-state index in [0.29, 0.717) is 38.6 Å². The first-order valence-electron chi connectivity index (χ1n) is 9.63. The lowest BCUT2D eigenvalue weighted by Gasteiger charge is -2.21. The molecule has 2 aromatic carbocycles. The quantitative estimate of drug-likeness (QED) is 0.510. The fraction of sp³-hybridized carbons (Fsp3) is 0.381. The van der Waals surface area contributed by atoms with Crippen molar-refractivity contribution < 1.29 is 18.3 Å². The van der Waals surface area contributed by atoms with Gasteiger partial charge in [-0.2, -0.15) is 0 Å². The molecule has 1 heterocycles. The van der Waals surface area contributed by atoms with Crippen LogP contribution < -0.4 is 15.5 Å². The normalized spacial score (nSPS) is 16.9. The van der Waals surface area contributed by atoms with Crippen molar-refractivity contribution in [1.82, 2.24) is 10.6 Å². The number of anilines is 1. The molecule has 0 amide bonds. The molecule has 1 saturated heterocycles. The van der Waals surface area contributed by atoms with Crippen LogP contribution in [0.3, 0.4) is 0 Å². The molecule has 1 unspecified atom stereocenters. The van der Waals surface area contributed by atoms with Crippen LogP contribution in [-0.2, 0) is 13.2 Å². The Morgan fingerprint density at radius 2 is 1.93 bits per heavy atom. The highest BCUT2D eigenvalue weighted by atomic mass is 19.1. The molecule has 0 radical (unpaired) electrons. The highest BCUT2D eigenvalue weighted by Gasteiger charge is 2.27. The predicted octanol–water partition coefficient (Wildman–Crippen LogP) is 2.93. The Morgan fingerprint density at radius 1 is 1.17 bits per heavy atom. The Bertz CT molecular complexity index is 855. The van der Waals surface area contributed by atoms with E-state index in [4.69, 9.17) is 0 Å². The third-order valence-corrected chi connectivity index (χ3v) is 4.83. The van der Waals surface area contributed by atoms with Crippen LogP contribution in [0.2, 0.25) is 0 Å². The SMILES string of the molecule is CCNC(=NCc1ccc(F)c(CO)c1)NC1CCN(c2c(F)cccc2F)C1. The second kappa shape index (κ2) is 9.65. The summed E-state index contributed by atoms with van der Waals surface area (Å²) >= 11 is 0. The van der Waals surface area contributed by atoms with Gasteiger partial charge in [-0.25, -0.2) is 18.2 Å². The van der Waals surface area contributed by atoms with E-state index < -0.39 is 17.5 Å². The van der Waals surface area contributed by atoms with E-state index in [1.807, 2.05) is 6.92 Å². The highest BCUT2D eigenvalue weighted by Crippen LogP contribution is 2.26. The molecule has 1 fully saturated rings. The molecule has 1 aliphatic heterocycles. The van der Waals surface area contributed by atoms with E-state index >= 15 is 0 Å². The third kappa shape index (κ3) is 5.20. The Balaban J connectivity index is 1.65. The van der Waals surface area contributed by atoms with Crippen molar-refractivity contribution in [2.45, 2.75) is 32.5 Å². The zero-order valence-corrected chi connectivity index (χ0v) is 16.3. The first-order valence-corrected chi connectivity index (χ1v) is 9.63. The molecule has 1 atom stereocenters. The number of nitrogens with zero attached hydrogens (tertiary/aromatic N) is 2. The maximum atomic E-state index is 14.0. The van der Waals surface area contributed by atoms with Crippen LogP contribution in [0.5, 0.6) is 0 Å². The lowest BCUT2D eigenvalue weighted by Crippen LogP contribution is -2.44. The number of guanidine groups is 1. The van der Waals surface area contributed by atoms with Crippen molar-refractivity contribution >= 4 is 11.6 Å². The van der Waals surface area contributed by atoms with Gasteiger partial charge in [0.2, 0.25) is 0 Å². The average Bonchev–Trinajstić information content (AvgIpc) is 3.15. The van der Waals surface area contributed by atoms with E-state index in [9.17, 15) is 18.3 Å². The molecule has 0 bridgehead atoms. The maximum Gasteiger partial charge on any atom is 0.191 e. The predicted molar refractivity (Wildman–Crippen MR) is 107 cm³/mol. The standard InChI is InChI=1S/C21H25F3N4O/c1-2-25-21(26-11-14-6-7-17(22)15(10-14)13-29)27-16-8-9-28(12-16)20-18(23)4-3-5-19(20)24/h3-7,10,16,29H,2,8-9,11-13H2,1H3,(H2,25,26,27). The number of nitrogens with one attached hydrogen (secondary N) is 2. The Labute approximate surface area is 168 Å². The molecule has 3 rings (SSSR count). The van der Waals surface area contributed by atoms with E-state index in [1.54, 1.807) is 17.0 Å². The van der Waals surface area contributed by atoms with Gasteiger partial charge in [-0.05, 0) is 43.2 Å². The first kappa shape index (κ1) is 21.0. The maximum absolute atomic E-state index is 14.0. The van der Waals surface area contributed by atoms with Crippen molar-refractivity contribution in [3.05, 3.63) is 65.0 Å². The van der Waals surface area contributed by atoms with Gasteiger partial charge in [0.25, 0.3) is 0 Å². The van der Waals surface area contributed by atoms with Gasteiger partial charge < -0.3 is 20.6 Å². The lowest BCUT2D eigenvalue weighted by molar-refractivity contribution is 0.275. The number of aliphatic hydroxyl groups is 1. The van der Waals surface area contributed by atoms with Gasteiger partial charge >= 0.3 is 0 Å². The summed E-state index contributed by atoms with van der Waals surface area (Å²) in [6.45, 7) is 3.51. The number of hydrogen-bond donors (Lipinski definition) is 3. The number of hydrogen-bond acceptors (Lipinski definition) is 3.